The predicted octanol–water partition coefficient (Wildman–Crippen LogP) is 3.73. The van der Waals surface area contributed by atoms with E-state index in [4.69, 9.17) is 4.74 Å². The maximum Gasteiger partial charge on any atom is 0.341 e. The van der Waals surface area contributed by atoms with Gasteiger partial charge in [0.1, 0.15) is 10.6 Å². The number of nitrogens with one attached hydrogen (secondary N) is 1. The normalized spacial score (nSPS) is 15.3. The summed E-state index contributed by atoms with van der Waals surface area (Å²) in [5.41, 5.74) is -0.433. The van der Waals surface area contributed by atoms with Crippen LogP contribution in [0.4, 0.5) is 16.4 Å². The van der Waals surface area contributed by atoms with Gasteiger partial charge >= 0.3 is 5.97 Å². The monoisotopic (exact) mass is 419 g/mol. The van der Waals surface area contributed by atoms with E-state index in [1.807, 2.05) is 0 Å². The van der Waals surface area contributed by atoms with E-state index < -0.39 is 33.1 Å². The van der Waals surface area contributed by atoms with Crippen molar-refractivity contribution in [3.05, 3.63) is 60.0 Å². The Labute approximate surface area is 168 Å². The van der Waals surface area contributed by atoms with Crippen molar-refractivity contribution in [1.82, 2.24) is 0 Å². The highest BCUT2D eigenvalue weighted by molar-refractivity contribution is 7.17. The molecule has 0 radical (unpaired) electrons. The van der Waals surface area contributed by atoms with Crippen molar-refractivity contribution in [2.75, 3.05) is 12.4 Å². The summed E-state index contributed by atoms with van der Waals surface area (Å²) in [6.45, 7) is 2.10. The zero-order chi connectivity index (χ0) is 21.3. The zero-order valence-corrected chi connectivity index (χ0v) is 16.4. The van der Waals surface area contributed by atoms with Crippen LogP contribution in [0.15, 0.2) is 18.2 Å². The van der Waals surface area contributed by atoms with Crippen molar-refractivity contribution in [2.24, 2.45) is 5.92 Å². The summed E-state index contributed by atoms with van der Waals surface area (Å²) in [6, 6.07) is 2.78. The molecule has 1 N–H and O–H groups in total. The number of nitro benzene ring substituents is 2. The molecule has 1 aromatic heterocycles. The molecule has 2 aromatic rings. The quantitative estimate of drug-likeness (QED) is 0.442. The SMILES string of the molecule is COC(=O)c1c(NC(=O)c2ccc([N+](=O)[O-])cc2[N+](=O)[O-])sc2c1CC[C@@H](C)C2. The molecule has 0 aliphatic heterocycles. The second-order valence-electron chi connectivity index (χ2n) is 6.72. The number of rotatable bonds is 5. The van der Waals surface area contributed by atoms with Crippen molar-refractivity contribution < 1.29 is 24.2 Å². The summed E-state index contributed by atoms with van der Waals surface area (Å²) in [6.07, 6.45) is 2.33. The number of carbonyl (C=O) groups excluding carboxylic acids is 2. The van der Waals surface area contributed by atoms with Crippen LogP contribution in [0.3, 0.4) is 0 Å². The van der Waals surface area contributed by atoms with Crippen LogP contribution >= 0.6 is 11.3 Å². The largest absolute Gasteiger partial charge is 0.465 e. The van der Waals surface area contributed by atoms with E-state index in [0.717, 1.165) is 41.5 Å². The molecule has 0 saturated heterocycles. The van der Waals surface area contributed by atoms with E-state index in [1.165, 1.54) is 18.4 Å². The molecule has 1 aliphatic carbocycles. The Bertz CT molecular complexity index is 1030. The van der Waals surface area contributed by atoms with E-state index in [2.05, 4.69) is 12.2 Å². The molecule has 1 atom stereocenters. The van der Waals surface area contributed by atoms with Crippen molar-refractivity contribution in [3.8, 4) is 0 Å². The third kappa shape index (κ3) is 3.94. The lowest BCUT2D eigenvalue weighted by Crippen LogP contribution is -2.17. The Morgan fingerprint density at radius 3 is 2.59 bits per heavy atom. The average Bonchev–Trinajstić information content (AvgIpc) is 3.03. The molecule has 152 valence electrons. The number of nitro groups is 2. The smallest absolute Gasteiger partial charge is 0.341 e. The molecule has 0 unspecified atom stereocenters. The van der Waals surface area contributed by atoms with Gasteiger partial charge in [-0.25, -0.2) is 4.79 Å². The minimum atomic E-state index is -0.857. The number of methoxy groups -OCH3 is 1. The van der Waals surface area contributed by atoms with Gasteiger partial charge in [-0.05, 0) is 36.8 Å². The van der Waals surface area contributed by atoms with E-state index in [-0.39, 0.29) is 16.1 Å². The first-order chi connectivity index (χ1) is 13.7. The van der Waals surface area contributed by atoms with Gasteiger partial charge in [0, 0.05) is 10.9 Å². The fraction of sp³-hybridized carbons (Fsp3) is 0.333. The predicted molar refractivity (Wildman–Crippen MR) is 105 cm³/mol. The van der Waals surface area contributed by atoms with Gasteiger partial charge < -0.3 is 10.1 Å². The second kappa shape index (κ2) is 7.95. The van der Waals surface area contributed by atoms with Gasteiger partial charge in [0.05, 0.1) is 28.6 Å². The zero-order valence-electron chi connectivity index (χ0n) is 15.6. The van der Waals surface area contributed by atoms with Gasteiger partial charge in [0.2, 0.25) is 0 Å². The molecule has 1 aromatic carbocycles. The van der Waals surface area contributed by atoms with Crippen LogP contribution in [0.25, 0.3) is 0 Å². The summed E-state index contributed by atoms with van der Waals surface area (Å²) >= 11 is 1.24. The van der Waals surface area contributed by atoms with Crippen LogP contribution < -0.4 is 5.32 Å². The van der Waals surface area contributed by atoms with E-state index in [9.17, 15) is 29.8 Å². The summed E-state index contributed by atoms with van der Waals surface area (Å²) < 4.78 is 4.85. The molecule has 0 bridgehead atoms. The number of non-ortho nitro benzene ring substituents is 1. The lowest BCUT2D eigenvalue weighted by atomic mass is 9.88. The Morgan fingerprint density at radius 1 is 1.24 bits per heavy atom. The number of fused-ring (bicyclic) bond motifs is 1. The van der Waals surface area contributed by atoms with Crippen LogP contribution in [-0.4, -0.2) is 28.8 Å². The number of esters is 1. The third-order valence-corrected chi connectivity index (χ3v) is 5.93. The van der Waals surface area contributed by atoms with Crippen molar-refractivity contribution in [3.63, 3.8) is 0 Å². The minimum Gasteiger partial charge on any atom is -0.465 e. The standard InChI is InChI=1S/C18H17N3O7S/c1-9-3-5-12-14(7-9)29-17(15(12)18(23)28-2)19-16(22)11-6-4-10(20(24)25)8-13(11)21(26)27/h4,6,8-9H,3,5,7H2,1-2H3,(H,19,22)/t9-/m1/s1. The third-order valence-electron chi connectivity index (χ3n) is 4.76. The molecule has 11 heteroatoms. The van der Waals surface area contributed by atoms with Crippen molar-refractivity contribution in [2.45, 2.75) is 26.2 Å². The fourth-order valence-corrected chi connectivity index (χ4v) is 4.70. The van der Waals surface area contributed by atoms with Gasteiger partial charge in [-0.3, -0.25) is 25.0 Å². The topological polar surface area (TPSA) is 142 Å². The molecule has 10 nitrogen and oxygen atoms in total. The van der Waals surface area contributed by atoms with Gasteiger partial charge in [-0.15, -0.1) is 11.3 Å². The molecule has 3 rings (SSSR count). The average molecular weight is 419 g/mol. The highest BCUT2D eigenvalue weighted by atomic mass is 32.1. The van der Waals surface area contributed by atoms with Crippen LogP contribution in [0.2, 0.25) is 0 Å². The lowest BCUT2D eigenvalue weighted by molar-refractivity contribution is -0.394. The van der Waals surface area contributed by atoms with Crippen LogP contribution in [-0.2, 0) is 17.6 Å². The summed E-state index contributed by atoms with van der Waals surface area (Å²) in [7, 11) is 1.24. The second-order valence-corrected chi connectivity index (χ2v) is 7.82. The Hall–Kier alpha value is -3.34. The van der Waals surface area contributed by atoms with Gasteiger partial charge in [0.15, 0.2) is 0 Å². The van der Waals surface area contributed by atoms with E-state index >= 15 is 0 Å². The molecule has 0 saturated carbocycles. The molecule has 29 heavy (non-hydrogen) atoms. The Kier molecular flexibility index (Phi) is 5.59. The molecule has 0 fully saturated rings. The fourth-order valence-electron chi connectivity index (χ4n) is 3.30. The Balaban J connectivity index is 2.00. The number of nitrogens with zero attached hydrogens (tertiary/aromatic N) is 2. The molecule has 1 aliphatic rings. The molecule has 1 heterocycles. The molecule has 0 spiro atoms. The number of thiophene rings is 1. The number of hydrogen-bond donors (Lipinski definition) is 1. The highest BCUT2D eigenvalue weighted by Crippen LogP contribution is 2.40. The maximum absolute atomic E-state index is 12.7. The lowest BCUT2D eigenvalue weighted by Gasteiger charge is -2.18. The number of amides is 1. The Morgan fingerprint density at radius 2 is 1.97 bits per heavy atom. The molecular formula is C18H17N3O7S. The summed E-state index contributed by atoms with van der Waals surface area (Å²) in [5, 5.41) is 25.0. The van der Waals surface area contributed by atoms with Crippen LogP contribution in [0.1, 0.15) is 44.5 Å². The van der Waals surface area contributed by atoms with Crippen molar-refractivity contribution in [1.29, 1.82) is 0 Å². The van der Waals surface area contributed by atoms with Crippen LogP contribution in [0, 0.1) is 26.1 Å². The highest BCUT2D eigenvalue weighted by Gasteiger charge is 2.30. The number of benzene rings is 1. The van der Waals surface area contributed by atoms with Gasteiger partial charge in [0.25, 0.3) is 17.3 Å². The van der Waals surface area contributed by atoms with Gasteiger partial charge in [-0.2, -0.15) is 0 Å². The minimum absolute atomic E-state index is 0.258. The summed E-state index contributed by atoms with van der Waals surface area (Å²) in [4.78, 5) is 46.5. The van der Waals surface area contributed by atoms with E-state index in [0.29, 0.717) is 12.3 Å². The molecular weight excluding hydrogens is 402 g/mol. The number of anilines is 1. The van der Waals surface area contributed by atoms with E-state index in [1.54, 1.807) is 0 Å². The number of hydrogen-bond acceptors (Lipinski definition) is 8. The molecule has 1 amide bonds. The summed E-state index contributed by atoms with van der Waals surface area (Å²) in [5.74, 6) is -0.986. The first-order valence-corrected chi connectivity index (χ1v) is 9.51. The first-order valence-electron chi connectivity index (χ1n) is 8.70. The maximum atomic E-state index is 12.7. The first kappa shape index (κ1) is 20.4. The number of ether oxygens (including phenoxy) is 1. The van der Waals surface area contributed by atoms with Crippen molar-refractivity contribution >= 4 is 39.6 Å². The van der Waals surface area contributed by atoms with Crippen LogP contribution in [0.5, 0.6) is 0 Å². The van der Waals surface area contributed by atoms with Gasteiger partial charge in [-0.1, -0.05) is 6.92 Å². The number of carbonyl (C=O) groups is 2.